The molecule has 7 heteroatoms. The van der Waals surface area contributed by atoms with Gasteiger partial charge in [-0.3, -0.25) is 9.59 Å². The molecule has 0 aliphatic carbocycles. The maximum atomic E-state index is 13.8. The van der Waals surface area contributed by atoms with E-state index in [1.54, 1.807) is 48.2 Å². The molecule has 0 bridgehead atoms. The van der Waals surface area contributed by atoms with Crippen LogP contribution in [-0.2, 0) is 9.53 Å². The Labute approximate surface area is 168 Å². The number of ether oxygens (including phenoxy) is 1. The van der Waals surface area contributed by atoms with Crippen LogP contribution in [0.15, 0.2) is 48.5 Å². The highest BCUT2D eigenvalue weighted by molar-refractivity contribution is 5.96. The number of hydrogen-bond acceptors (Lipinski definition) is 4. The predicted molar refractivity (Wildman–Crippen MR) is 106 cm³/mol. The molecule has 2 aromatic rings. The minimum absolute atomic E-state index is 0.0474. The largest absolute Gasteiger partial charge is 0.462 e. The van der Waals surface area contributed by atoms with Gasteiger partial charge in [-0.15, -0.1) is 0 Å². The molecule has 29 heavy (non-hydrogen) atoms. The summed E-state index contributed by atoms with van der Waals surface area (Å²) in [6.45, 7) is 2.77. The second-order valence-corrected chi connectivity index (χ2v) is 6.84. The molecule has 1 aliphatic heterocycles. The topological polar surface area (TPSA) is 75.7 Å². The lowest BCUT2D eigenvalue weighted by atomic mass is 9.95. The normalized spacial score (nSPS) is 14.3. The summed E-state index contributed by atoms with van der Waals surface area (Å²) in [7, 11) is 0. The molecule has 0 atom stereocenters. The fourth-order valence-corrected chi connectivity index (χ4v) is 3.33. The number of carbonyl (C=O) groups excluding carboxylic acids is 3. The molecule has 1 heterocycles. The maximum Gasteiger partial charge on any atom is 0.338 e. The smallest absolute Gasteiger partial charge is 0.338 e. The van der Waals surface area contributed by atoms with Crippen molar-refractivity contribution in [1.29, 1.82) is 0 Å². The van der Waals surface area contributed by atoms with Crippen LogP contribution < -0.4 is 5.32 Å². The number of nitrogens with zero attached hydrogens (tertiary/aromatic N) is 1. The van der Waals surface area contributed by atoms with Gasteiger partial charge in [-0.05, 0) is 50.1 Å². The van der Waals surface area contributed by atoms with E-state index < -0.39 is 11.8 Å². The third-order valence-electron chi connectivity index (χ3n) is 4.90. The maximum absolute atomic E-state index is 13.8. The van der Waals surface area contributed by atoms with Gasteiger partial charge in [-0.25, -0.2) is 9.18 Å². The van der Waals surface area contributed by atoms with E-state index in [9.17, 15) is 18.8 Å². The zero-order chi connectivity index (χ0) is 20.8. The van der Waals surface area contributed by atoms with Crippen molar-refractivity contribution in [2.45, 2.75) is 19.8 Å². The summed E-state index contributed by atoms with van der Waals surface area (Å²) < 4.78 is 18.8. The van der Waals surface area contributed by atoms with Crippen LogP contribution in [0.3, 0.4) is 0 Å². The first kappa shape index (κ1) is 20.5. The van der Waals surface area contributed by atoms with Crippen LogP contribution >= 0.6 is 0 Å². The van der Waals surface area contributed by atoms with Gasteiger partial charge >= 0.3 is 5.97 Å². The van der Waals surface area contributed by atoms with Crippen molar-refractivity contribution < 1.29 is 23.5 Å². The predicted octanol–water partition coefficient (Wildman–Crippen LogP) is 3.49. The van der Waals surface area contributed by atoms with Crippen molar-refractivity contribution in [3.63, 3.8) is 0 Å². The second-order valence-electron chi connectivity index (χ2n) is 6.84. The van der Waals surface area contributed by atoms with Crippen molar-refractivity contribution in [3.05, 3.63) is 65.5 Å². The van der Waals surface area contributed by atoms with Gasteiger partial charge in [-0.1, -0.05) is 18.2 Å². The van der Waals surface area contributed by atoms with Crippen molar-refractivity contribution >= 4 is 23.5 Å². The van der Waals surface area contributed by atoms with E-state index in [4.69, 9.17) is 4.74 Å². The average molecular weight is 398 g/mol. The van der Waals surface area contributed by atoms with E-state index in [1.165, 1.54) is 12.1 Å². The molecule has 1 aliphatic rings. The quantitative estimate of drug-likeness (QED) is 0.783. The minimum Gasteiger partial charge on any atom is -0.462 e. The van der Waals surface area contributed by atoms with Gasteiger partial charge < -0.3 is 15.0 Å². The van der Waals surface area contributed by atoms with E-state index in [1.807, 2.05) is 0 Å². The lowest BCUT2D eigenvalue weighted by Crippen LogP contribution is -2.41. The van der Waals surface area contributed by atoms with Gasteiger partial charge in [0.1, 0.15) is 5.82 Å². The van der Waals surface area contributed by atoms with Crippen molar-refractivity contribution in [1.82, 2.24) is 4.90 Å². The number of piperidine rings is 1. The highest BCUT2D eigenvalue weighted by Gasteiger charge is 2.28. The molecule has 0 aromatic heterocycles. The molecule has 0 unspecified atom stereocenters. The molecule has 152 valence electrons. The number of carbonyl (C=O) groups is 3. The summed E-state index contributed by atoms with van der Waals surface area (Å²) in [5.41, 5.74) is 0.937. The zero-order valence-corrected chi connectivity index (χ0v) is 16.2. The van der Waals surface area contributed by atoms with E-state index in [-0.39, 0.29) is 29.9 Å². The first-order chi connectivity index (χ1) is 14.0. The number of anilines is 1. The Hall–Kier alpha value is -3.22. The van der Waals surface area contributed by atoms with Gasteiger partial charge in [0.25, 0.3) is 5.91 Å². The molecule has 0 spiro atoms. The van der Waals surface area contributed by atoms with E-state index in [0.717, 1.165) is 0 Å². The van der Waals surface area contributed by atoms with Crippen LogP contribution in [0.1, 0.15) is 40.5 Å². The lowest BCUT2D eigenvalue weighted by molar-refractivity contribution is -0.121. The zero-order valence-electron chi connectivity index (χ0n) is 16.2. The Morgan fingerprint density at radius 2 is 1.83 bits per heavy atom. The number of nitrogens with one attached hydrogen (secondary N) is 1. The molecule has 2 amide bonds. The first-order valence-electron chi connectivity index (χ1n) is 9.61. The Morgan fingerprint density at radius 1 is 1.10 bits per heavy atom. The lowest BCUT2D eigenvalue weighted by Gasteiger charge is -2.31. The van der Waals surface area contributed by atoms with Crippen LogP contribution in [0.4, 0.5) is 10.1 Å². The third kappa shape index (κ3) is 4.99. The van der Waals surface area contributed by atoms with Crippen molar-refractivity contribution in [2.24, 2.45) is 5.92 Å². The molecule has 1 saturated heterocycles. The number of hydrogen-bond donors (Lipinski definition) is 1. The minimum atomic E-state index is -0.543. The third-order valence-corrected chi connectivity index (χ3v) is 4.90. The molecule has 6 nitrogen and oxygen atoms in total. The molecule has 2 aromatic carbocycles. The molecule has 1 fully saturated rings. The molecule has 0 radical (unpaired) electrons. The van der Waals surface area contributed by atoms with Crippen molar-refractivity contribution in [2.75, 3.05) is 25.0 Å². The molecular weight excluding hydrogens is 375 g/mol. The number of rotatable bonds is 5. The Balaban J connectivity index is 1.57. The number of halogens is 1. The molecule has 0 saturated carbocycles. The summed E-state index contributed by atoms with van der Waals surface area (Å²) in [5, 5.41) is 2.82. The number of esters is 1. The summed E-state index contributed by atoms with van der Waals surface area (Å²) in [4.78, 5) is 38.5. The van der Waals surface area contributed by atoms with Crippen molar-refractivity contribution in [3.8, 4) is 0 Å². The van der Waals surface area contributed by atoms with Crippen LogP contribution in [0.5, 0.6) is 0 Å². The molecular formula is C22H23FN2O4. The van der Waals surface area contributed by atoms with Gasteiger partial charge in [-0.2, -0.15) is 0 Å². The van der Waals surface area contributed by atoms with Crippen LogP contribution in [0.25, 0.3) is 0 Å². The second kappa shape index (κ2) is 9.32. The van der Waals surface area contributed by atoms with Gasteiger partial charge in [0.05, 0.1) is 17.7 Å². The Bertz CT molecular complexity index is 907. The van der Waals surface area contributed by atoms with E-state index in [0.29, 0.717) is 37.2 Å². The fraction of sp³-hybridized carbons (Fsp3) is 0.318. The number of benzene rings is 2. The van der Waals surface area contributed by atoms with Crippen LogP contribution in [0.2, 0.25) is 0 Å². The van der Waals surface area contributed by atoms with E-state index >= 15 is 0 Å². The fourth-order valence-electron chi connectivity index (χ4n) is 3.33. The Kier molecular flexibility index (Phi) is 6.59. The summed E-state index contributed by atoms with van der Waals surface area (Å²) in [6, 6.07) is 12.5. The van der Waals surface area contributed by atoms with Crippen LogP contribution in [0, 0.1) is 11.7 Å². The summed E-state index contributed by atoms with van der Waals surface area (Å²) in [5.74, 6) is -1.76. The molecule has 3 rings (SSSR count). The standard InChI is InChI=1S/C22H23FN2O4/c1-2-29-22(28)16-6-5-7-17(14-16)24-20(26)15-10-12-25(13-11-15)21(27)18-8-3-4-9-19(18)23/h3-9,14-15H,2,10-13H2,1H3,(H,24,26). The molecule has 1 N–H and O–H groups in total. The summed E-state index contributed by atoms with van der Waals surface area (Å²) >= 11 is 0. The van der Waals surface area contributed by atoms with Gasteiger partial charge in [0, 0.05) is 24.7 Å². The number of amides is 2. The first-order valence-corrected chi connectivity index (χ1v) is 9.61. The average Bonchev–Trinajstić information content (AvgIpc) is 2.74. The van der Waals surface area contributed by atoms with Gasteiger partial charge in [0.15, 0.2) is 0 Å². The van der Waals surface area contributed by atoms with E-state index in [2.05, 4.69) is 5.32 Å². The number of likely N-dealkylation sites (tertiary alicyclic amines) is 1. The highest BCUT2D eigenvalue weighted by Crippen LogP contribution is 2.22. The Morgan fingerprint density at radius 3 is 2.52 bits per heavy atom. The highest BCUT2D eigenvalue weighted by atomic mass is 19.1. The summed E-state index contributed by atoms with van der Waals surface area (Å²) in [6.07, 6.45) is 0.979. The SMILES string of the molecule is CCOC(=O)c1cccc(NC(=O)C2CCN(C(=O)c3ccccc3F)CC2)c1. The monoisotopic (exact) mass is 398 g/mol. The van der Waals surface area contributed by atoms with Crippen LogP contribution in [-0.4, -0.2) is 42.4 Å². The van der Waals surface area contributed by atoms with Gasteiger partial charge in [0.2, 0.25) is 5.91 Å².